The second-order valence-electron chi connectivity index (χ2n) is 5.87. The number of thiocarbonyl (C=S) groups is 1. The first kappa shape index (κ1) is 15.1. The fourth-order valence-electron chi connectivity index (χ4n) is 3.07. The van der Waals surface area contributed by atoms with Gasteiger partial charge in [0.05, 0.1) is 12.2 Å². The summed E-state index contributed by atoms with van der Waals surface area (Å²) in [6.07, 6.45) is 5.39. The summed E-state index contributed by atoms with van der Waals surface area (Å²) in [6, 6.07) is 8.01. The fraction of sp³-hybridized carbons (Fsp3) is 0.500. The molecular weight excluding hydrogens is 298 g/mol. The van der Waals surface area contributed by atoms with E-state index >= 15 is 0 Å². The lowest BCUT2D eigenvalue weighted by Crippen LogP contribution is -2.53. The van der Waals surface area contributed by atoms with Crippen molar-refractivity contribution in [3.05, 3.63) is 24.3 Å². The Morgan fingerprint density at radius 3 is 2.73 bits per heavy atom. The number of primary amides is 1. The highest BCUT2D eigenvalue weighted by atomic mass is 32.1. The molecule has 22 heavy (non-hydrogen) atoms. The number of benzene rings is 1. The number of carbonyl (C=O) groups is 1. The minimum atomic E-state index is -0.680. The summed E-state index contributed by atoms with van der Waals surface area (Å²) in [5, 5.41) is 4.09. The lowest BCUT2D eigenvalue weighted by atomic mass is 9.96. The van der Waals surface area contributed by atoms with E-state index in [1.165, 1.54) is 19.3 Å². The molecule has 3 rings (SSSR count). The zero-order valence-corrected chi connectivity index (χ0v) is 13.3. The highest BCUT2D eigenvalue weighted by Gasteiger charge is 2.31. The Balaban J connectivity index is 1.78. The van der Waals surface area contributed by atoms with Crippen molar-refractivity contribution in [3.8, 4) is 5.75 Å². The van der Waals surface area contributed by atoms with Crippen molar-refractivity contribution in [2.45, 2.75) is 44.2 Å². The largest absolute Gasteiger partial charge is 0.477 e. The SMILES string of the molecule is NC(=O)[C@H]1CN(C(=S)NC2CCCCC2)c2ccccc2O1. The molecule has 1 saturated carbocycles. The Hall–Kier alpha value is -1.82. The van der Waals surface area contributed by atoms with Crippen LogP contribution in [0.1, 0.15) is 32.1 Å². The molecule has 1 atom stereocenters. The summed E-state index contributed by atoms with van der Waals surface area (Å²) < 4.78 is 5.66. The zero-order chi connectivity index (χ0) is 15.5. The third kappa shape index (κ3) is 3.16. The number of fused-ring (bicyclic) bond motifs is 1. The fourth-order valence-corrected chi connectivity index (χ4v) is 3.41. The minimum Gasteiger partial charge on any atom is -0.477 e. The van der Waals surface area contributed by atoms with Crippen molar-refractivity contribution in [2.24, 2.45) is 5.73 Å². The minimum absolute atomic E-state index is 0.352. The van der Waals surface area contributed by atoms with Gasteiger partial charge in [0.15, 0.2) is 11.2 Å². The molecule has 0 spiro atoms. The summed E-state index contributed by atoms with van der Waals surface area (Å²) in [5.74, 6) is 0.172. The monoisotopic (exact) mass is 319 g/mol. The molecule has 1 aromatic rings. The zero-order valence-electron chi connectivity index (χ0n) is 12.5. The molecule has 0 radical (unpaired) electrons. The van der Waals surface area contributed by atoms with Crippen LogP contribution in [0.3, 0.4) is 0 Å². The van der Waals surface area contributed by atoms with E-state index in [-0.39, 0.29) is 0 Å². The van der Waals surface area contributed by atoms with Crippen LogP contribution in [0, 0.1) is 0 Å². The average molecular weight is 319 g/mol. The van der Waals surface area contributed by atoms with Gasteiger partial charge in [0.1, 0.15) is 5.75 Å². The van der Waals surface area contributed by atoms with Crippen molar-refractivity contribution < 1.29 is 9.53 Å². The molecule has 1 amide bonds. The Kier molecular flexibility index (Phi) is 4.47. The van der Waals surface area contributed by atoms with Gasteiger partial charge in [0, 0.05) is 6.04 Å². The first-order chi connectivity index (χ1) is 10.6. The molecule has 0 aromatic heterocycles. The maximum atomic E-state index is 11.5. The van der Waals surface area contributed by atoms with Crippen molar-refractivity contribution in [3.63, 3.8) is 0 Å². The van der Waals surface area contributed by atoms with Crippen LogP contribution in [0.2, 0.25) is 0 Å². The number of carbonyl (C=O) groups excluding carboxylic acids is 1. The van der Waals surface area contributed by atoms with Gasteiger partial charge in [-0.2, -0.15) is 0 Å². The van der Waals surface area contributed by atoms with E-state index in [1.807, 2.05) is 29.2 Å². The lowest BCUT2D eigenvalue weighted by Gasteiger charge is -2.36. The standard InChI is InChI=1S/C16H21N3O2S/c17-15(20)14-10-19(12-8-4-5-9-13(12)21-14)16(22)18-11-6-2-1-3-7-11/h4-5,8-9,11,14H,1-3,6-7,10H2,(H2,17,20)(H,18,22)/t14-/m1/s1. The Morgan fingerprint density at radius 1 is 1.27 bits per heavy atom. The first-order valence-corrected chi connectivity index (χ1v) is 8.19. The topological polar surface area (TPSA) is 67.6 Å². The van der Waals surface area contributed by atoms with Crippen LogP contribution >= 0.6 is 12.2 Å². The van der Waals surface area contributed by atoms with Gasteiger partial charge in [0.2, 0.25) is 0 Å². The third-order valence-electron chi connectivity index (χ3n) is 4.27. The average Bonchev–Trinajstić information content (AvgIpc) is 2.54. The molecule has 0 saturated heterocycles. The van der Waals surface area contributed by atoms with Crippen LogP contribution in [0.15, 0.2) is 24.3 Å². The van der Waals surface area contributed by atoms with Crippen LogP contribution in [-0.2, 0) is 4.79 Å². The number of nitrogens with zero attached hydrogens (tertiary/aromatic N) is 1. The Labute approximate surface area is 135 Å². The number of nitrogens with one attached hydrogen (secondary N) is 1. The van der Waals surface area contributed by atoms with Crippen LogP contribution in [-0.4, -0.2) is 29.7 Å². The van der Waals surface area contributed by atoms with Gasteiger partial charge >= 0.3 is 0 Å². The van der Waals surface area contributed by atoms with Gasteiger partial charge < -0.3 is 20.7 Å². The summed E-state index contributed by atoms with van der Waals surface area (Å²) >= 11 is 5.58. The van der Waals surface area contributed by atoms with E-state index in [1.54, 1.807) is 0 Å². The van der Waals surface area contributed by atoms with Crippen molar-refractivity contribution in [1.29, 1.82) is 0 Å². The van der Waals surface area contributed by atoms with Gasteiger partial charge in [-0.15, -0.1) is 0 Å². The molecule has 3 N–H and O–H groups in total. The third-order valence-corrected chi connectivity index (χ3v) is 4.61. The van der Waals surface area contributed by atoms with Crippen LogP contribution in [0.4, 0.5) is 5.69 Å². The van der Waals surface area contributed by atoms with Crippen molar-refractivity contribution in [2.75, 3.05) is 11.4 Å². The maximum Gasteiger partial charge on any atom is 0.260 e. The summed E-state index contributed by atoms with van der Waals surface area (Å²) in [7, 11) is 0. The molecule has 0 bridgehead atoms. The number of hydrogen-bond donors (Lipinski definition) is 2. The van der Waals surface area contributed by atoms with E-state index in [9.17, 15) is 4.79 Å². The number of nitrogens with two attached hydrogens (primary N) is 1. The van der Waals surface area contributed by atoms with Gasteiger partial charge in [-0.25, -0.2) is 0 Å². The quantitative estimate of drug-likeness (QED) is 0.816. The van der Waals surface area contributed by atoms with E-state index in [2.05, 4.69) is 5.32 Å². The Morgan fingerprint density at radius 2 is 2.00 bits per heavy atom. The number of para-hydroxylation sites is 2. The maximum absolute atomic E-state index is 11.5. The highest BCUT2D eigenvalue weighted by Crippen LogP contribution is 2.33. The Bertz CT molecular complexity index is 572. The molecule has 1 aliphatic heterocycles. The molecule has 5 nitrogen and oxygen atoms in total. The number of anilines is 1. The van der Waals surface area contributed by atoms with Crippen LogP contribution in [0.25, 0.3) is 0 Å². The van der Waals surface area contributed by atoms with Crippen molar-refractivity contribution >= 4 is 28.9 Å². The summed E-state index contributed by atoms with van der Waals surface area (Å²) in [4.78, 5) is 13.5. The molecular formula is C16H21N3O2S. The van der Waals surface area contributed by atoms with Crippen LogP contribution < -0.4 is 20.7 Å². The van der Waals surface area contributed by atoms with E-state index in [0.717, 1.165) is 18.5 Å². The highest BCUT2D eigenvalue weighted by molar-refractivity contribution is 7.80. The molecule has 1 fully saturated rings. The summed E-state index contributed by atoms with van der Waals surface area (Å²) in [6.45, 7) is 0.352. The normalized spacial score (nSPS) is 21.6. The van der Waals surface area contributed by atoms with E-state index in [4.69, 9.17) is 22.7 Å². The molecule has 6 heteroatoms. The predicted molar refractivity (Wildman–Crippen MR) is 90.0 cm³/mol. The number of ether oxygens (including phenoxy) is 1. The predicted octanol–water partition coefficient (Wildman–Crippen LogP) is 1.95. The number of rotatable bonds is 2. The van der Waals surface area contributed by atoms with E-state index in [0.29, 0.717) is 23.4 Å². The molecule has 0 unspecified atom stereocenters. The number of hydrogen-bond acceptors (Lipinski definition) is 3. The smallest absolute Gasteiger partial charge is 0.260 e. The molecule has 118 valence electrons. The van der Waals surface area contributed by atoms with Crippen LogP contribution in [0.5, 0.6) is 5.75 Å². The van der Waals surface area contributed by atoms with Gasteiger partial charge in [-0.3, -0.25) is 4.79 Å². The molecule has 2 aliphatic rings. The van der Waals surface area contributed by atoms with Gasteiger partial charge in [-0.05, 0) is 37.2 Å². The lowest BCUT2D eigenvalue weighted by molar-refractivity contribution is -0.124. The van der Waals surface area contributed by atoms with Crippen molar-refractivity contribution in [1.82, 2.24) is 5.32 Å². The van der Waals surface area contributed by atoms with E-state index < -0.39 is 12.0 Å². The second kappa shape index (κ2) is 6.52. The first-order valence-electron chi connectivity index (χ1n) is 7.78. The van der Waals surface area contributed by atoms with Gasteiger partial charge in [-0.1, -0.05) is 31.4 Å². The molecule has 1 aliphatic carbocycles. The second-order valence-corrected chi connectivity index (χ2v) is 6.26. The summed E-state index contributed by atoms with van der Waals surface area (Å²) in [5.41, 5.74) is 6.30. The molecule has 1 aromatic carbocycles. The number of amides is 1. The molecule has 1 heterocycles. The van der Waals surface area contributed by atoms with Gasteiger partial charge in [0.25, 0.3) is 5.91 Å².